The average Bonchev–Trinajstić information content (AvgIpc) is 3.28. The first-order chi connectivity index (χ1) is 9.13. The number of thiophene rings is 1. The molecule has 19 heavy (non-hydrogen) atoms. The molecule has 0 aromatic carbocycles. The molecule has 1 aromatic heterocycles. The lowest BCUT2D eigenvalue weighted by molar-refractivity contribution is -0.126. The number of nitrogens with one attached hydrogen (secondary N) is 2. The molecule has 1 aromatic rings. The first-order valence-corrected chi connectivity index (χ1v) is 7.58. The molecule has 0 bridgehead atoms. The van der Waals surface area contributed by atoms with E-state index in [1.54, 1.807) is 11.3 Å². The Bertz CT molecular complexity index is 507. The van der Waals surface area contributed by atoms with Crippen molar-refractivity contribution in [1.82, 2.24) is 10.6 Å². The van der Waals surface area contributed by atoms with Crippen LogP contribution in [0.2, 0.25) is 0 Å². The van der Waals surface area contributed by atoms with Gasteiger partial charge in [0.15, 0.2) is 0 Å². The van der Waals surface area contributed by atoms with Crippen molar-refractivity contribution in [3.63, 3.8) is 0 Å². The van der Waals surface area contributed by atoms with Gasteiger partial charge in [-0.05, 0) is 38.3 Å². The summed E-state index contributed by atoms with van der Waals surface area (Å²) in [5.74, 6) is 0.374. The molecule has 5 heteroatoms. The summed E-state index contributed by atoms with van der Waals surface area (Å²) in [6, 6.07) is 4.56. The normalized spacial score (nSPS) is 24.9. The lowest BCUT2D eigenvalue weighted by Crippen LogP contribution is -2.38. The minimum absolute atomic E-state index is 0.0157. The number of hydrogen-bond acceptors (Lipinski definition) is 3. The van der Waals surface area contributed by atoms with Crippen molar-refractivity contribution in [2.45, 2.75) is 38.1 Å². The fourth-order valence-electron chi connectivity index (χ4n) is 2.26. The minimum Gasteiger partial charge on any atom is -0.352 e. The minimum atomic E-state index is -0.0694. The monoisotopic (exact) mass is 278 g/mol. The van der Waals surface area contributed by atoms with Gasteiger partial charge in [-0.2, -0.15) is 0 Å². The Kier molecular flexibility index (Phi) is 3.31. The predicted octanol–water partition coefficient (Wildman–Crippen LogP) is 1.55. The second-order valence-electron chi connectivity index (χ2n) is 5.46. The number of hydrogen-bond donors (Lipinski definition) is 2. The largest absolute Gasteiger partial charge is 0.352 e. The Hall–Kier alpha value is -1.36. The van der Waals surface area contributed by atoms with Crippen LogP contribution in [0.15, 0.2) is 12.1 Å². The summed E-state index contributed by atoms with van der Waals surface area (Å²) in [6.07, 6.45) is 3.06. The summed E-state index contributed by atoms with van der Waals surface area (Å²) in [7, 11) is 0. The van der Waals surface area contributed by atoms with Gasteiger partial charge >= 0.3 is 0 Å². The third kappa shape index (κ3) is 3.15. The molecule has 4 nitrogen and oxygen atoms in total. The fraction of sp³-hybridized carbons (Fsp3) is 0.571. The number of carbonyl (C=O) groups is 2. The Morgan fingerprint density at radius 1 is 1.37 bits per heavy atom. The molecule has 102 valence electrons. The molecule has 2 aliphatic carbocycles. The van der Waals surface area contributed by atoms with Gasteiger partial charge in [-0.3, -0.25) is 9.59 Å². The highest BCUT2D eigenvalue weighted by Gasteiger charge is 2.44. The van der Waals surface area contributed by atoms with Crippen molar-refractivity contribution in [1.29, 1.82) is 0 Å². The quantitative estimate of drug-likeness (QED) is 0.858. The summed E-state index contributed by atoms with van der Waals surface area (Å²) < 4.78 is 0. The van der Waals surface area contributed by atoms with Crippen molar-refractivity contribution in [3.05, 3.63) is 21.9 Å². The maximum atomic E-state index is 11.9. The molecule has 2 unspecified atom stereocenters. The molecule has 2 saturated carbocycles. The zero-order chi connectivity index (χ0) is 13.4. The summed E-state index contributed by atoms with van der Waals surface area (Å²) in [5, 5.41) is 5.60. The van der Waals surface area contributed by atoms with Gasteiger partial charge < -0.3 is 10.6 Å². The van der Waals surface area contributed by atoms with Crippen LogP contribution < -0.4 is 10.6 Å². The van der Waals surface area contributed by atoms with E-state index in [-0.39, 0.29) is 24.3 Å². The average molecular weight is 278 g/mol. The highest BCUT2D eigenvalue weighted by molar-refractivity contribution is 7.12. The van der Waals surface area contributed by atoms with Gasteiger partial charge in [-0.1, -0.05) is 0 Å². The molecule has 0 aliphatic heterocycles. The van der Waals surface area contributed by atoms with Crippen molar-refractivity contribution in [2.24, 2.45) is 5.92 Å². The van der Waals surface area contributed by atoms with Gasteiger partial charge in [-0.15, -0.1) is 11.3 Å². The molecule has 2 N–H and O–H groups in total. The molecule has 2 atom stereocenters. The third-order valence-electron chi connectivity index (χ3n) is 3.62. The van der Waals surface area contributed by atoms with Gasteiger partial charge in [0.1, 0.15) is 0 Å². The van der Waals surface area contributed by atoms with Crippen molar-refractivity contribution >= 4 is 23.2 Å². The number of amides is 2. The smallest absolute Gasteiger partial charge is 0.239 e. The number of rotatable bonds is 5. The predicted molar refractivity (Wildman–Crippen MR) is 74.1 cm³/mol. The van der Waals surface area contributed by atoms with E-state index in [2.05, 4.69) is 29.7 Å². The van der Waals surface area contributed by atoms with Crippen LogP contribution in [0.25, 0.3) is 0 Å². The Morgan fingerprint density at radius 2 is 2.16 bits per heavy atom. The van der Waals surface area contributed by atoms with E-state index in [4.69, 9.17) is 0 Å². The zero-order valence-corrected chi connectivity index (χ0v) is 11.8. The van der Waals surface area contributed by atoms with E-state index in [1.165, 1.54) is 9.75 Å². The molecule has 2 fully saturated rings. The van der Waals surface area contributed by atoms with Crippen LogP contribution in [0.3, 0.4) is 0 Å². The zero-order valence-electron chi connectivity index (χ0n) is 10.9. The van der Waals surface area contributed by atoms with Gasteiger partial charge in [-0.25, -0.2) is 0 Å². The number of carbonyl (C=O) groups excluding carboxylic acids is 2. The van der Waals surface area contributed by atoms with E-state index in [0.29, 0.717) is 12.0 Å². The molecular weight excluding hydrogens is 260 g/mol. The van der Waals surface area contributed by atoms with Gasteiger partial charge in [0.2, 0.25) is 11.8 Å². The fourth-order valence-corrected chi connectivity index (χ4v) is 3.31. The van der Waals surface area contributed by atoms with Crippen LogP contribution in [0.4, 0.5) is 0 Å². The standard InChI is InChI=1S/C14H18N2O2S/c1-8-2-5-12(19-8)10-6-11(10)14(18)15-7-13(17)16-9-3-4-9/h2,5,9-11H,3-4,6-7H2,1H3,(H,15,18)(H,16,17). The van der Waals surface area contributed by atoms with Crippen LogP contribution in [0.5, 0.6) is 0 Å². The second kappa shape index (κ2) is 4.96. The summed E-state index contributed by atoms with van der Waals surface area (Å²) >= 11 is 1.76. The SMILES string of the molecule is Cc1ccc(C2CC2C(=O)NCC(=O)NC2CC2)s1. The first kappa shape index (κ1) is 12.7. The van der Waals surface area contributed by atoms with Gasteiger partial charge in [0.25, 0.3) is 0 Å². The van der Waals surface area contributed by atoms with Crippen LogP contribution in [0.1, 0.15) is 34.9 Å². The molecule has 2 aliphatic rings. The van der Waals surface area contributed by atoms with Crippen LogP contribution in [-0.4, -0.2) is 24.4 Å². The molecule has 1 heterocycles. The van der Waals surface area contributed by atoms with E-state index < -0.39 is 0 Å². The molecular formula is C14H18N2O2S. The summed E-state index contributed by atoms with van der Waals surface area (Å²) in [4.78, 5) is 26.0. The van der Waals surface area contributed by atoms with E-state index in [1.807, 2.05) is 0 Å². The highest BCUT2D eigenvalue weighted by atomic mass is 32.1. The Morgan fingerprint density at radius 3 is 2.79 bits per heavy atom. The lowest BCUT2D eigenvalue weighted by Gasteiger charge is -2.05. The summed E-state index contributed by atoms with van der Waals surface area (Å²) in [5.41, 5.74) is 0. The van der Waals surface area contributed by atoms with Crippen molar-refractivity contribution in [2.75, 3.05) is 6.54 Å². The Balaban J connectivity index is 1.43. The number of aryl methyl sites for hydroxylation is 1. The summed E-state index contributed by atoms with van der Waals surface area (Å²) in [6.45, 7) is 2.19. The lowest BCUT2D eigenvalue weighted by atomic mass is 10.2. The van der Waals surface area contributed by atoms with Crippen molar-refractivity contribution in [3.8, 4) is 0 Å². The molecule has 3 rings (SSSR count). The van der Waals surface area contributed by atoms with Crippen molar-refractivity contribution < 1.29 is 9.59 Å². The maximum Gasteiger partial charge on any atom is 0.239 e. The topological polar surface area (TPSA) is 58.2 Å². The molecule has 0 saturated heterocycles. The van der Waals surface area contributed by atoms with E-state index >= 15 is 0 Å². The van der Waals surface area contributed by atoms with Crippen LogP contribution >= 0.6 is 11.3 Å². The van der Waals surface area contributed by atoms with Gasteiger partial charge in [0.05, 0.1) is 6.54 Å². The first-order valence-electron chi connectivity index (χ1n) is 6.77. The molecule has 0 spiro atoms. The second-order valence-corrected chi connectivity index (χ2v) is 6.78. The van der Waals surface area contributed by atoms with Crippen LogP contribution in [-0.2, 0) is 9.59 Å². The van der Waals surface area contributed by atoms with E-state index in [0.717, 1.165) is 19.3 Å². The van der Waals surface area contributed by atoms with Crippen LogP contribution in [0, 0.1) is 12.8 Å². The molecule has 2 amide bonds. The highest BCUT2D eigenvalue weighted by Crippen LogP contribution is 2.49. The van der Waals surface area contributed by atoms with E-state index in [9.17, 15) is 9.59 Å². The third-order valence-corrected chi connectivity index (χ3v) is 4.75. The Labute approximate surface area is 116 Å². The maximum absolute atomic E-state index is 11.9. The molecule has 0 radical (unpaired) electrons. The van der Waals surface area contributed by atoms with Gasteiger partial charge in [0, 0.05) is 27.6 Å².